The molecule has 0 spiro atoms. The molecule has 0 N–H and O–H groups in total. The number of nitriles is 1. The van der Waals surface area contributed by atoms with E-state index in [1.807, 2.05) is 43.3 Å². The molecule has 0 aliphatic carbocycles. The molecule has 0 saturated carbocycles. The first-order valence-electron chi connectivity index (χ1n) is 7.09. The van der Waals surface area contributed by atoms with E-state index < -0.39 is 0 Å². The highest BCUT2D eigenvalue weighted by molar-refractivity contribution is 5.31. The van der Waals surface area contributed by atoms with Gasteiger partial charge in [0.2, 0.25) is 0 Å². The molecule has 2 aromatic rings. The molecule has 0 bridgehead atoms. The zero-order chi connectivity index (χ0) is 14.9. The van der Waals surface area contributed by atoms with Crippen LogP contribution in [0.4, 0.5) is 0 Å². The Morgan fingerprint density at radius 3 is 2.76 bits per heavy atom. The molecule has 0 atom stereocenters. The van der Waals surface area contributed by atoms with Crippen LogP contribution in [0.2, 0.25) is 0 Å². The van der Waals surface area contributed by atoms with Gasteiger partial charge in [0.15, 0.2) is 0 Å². The van der Waals surface area contributed by atoms with Gasteiger partial charge in [-0.05, 0) is 30.7 Å². The van der Waals surface area contributed by atoms with Gasteiger partial charge in [0.25, 0.3) is 0 Å². The highest BCUT2D eigenvalue weighted by Gasteiger charge is 2.08. The normalized spacial score (nSPS) is 10.5. The highest BCUT2D eigenvalue weighted by atomic mass is 16.5. The van der Waals surface area contributed by atoms with Gasteiger partial charge in [-0.1, -0.05) is 18.2 Å². The third-order valence-electron chi connectivity index (χ3n) is 3.26. The Kier molecular flexibility index (Phi) is 5.86. The second kappa shape index (κ2) is 8.13. The lowest BCUT2D eigenvalue weighted by atomic mass is 10.2. The molecule has 0 saturated heterocycles. The lowest BCUT2D eigenvalue weighted by Gasteiger charge is -2.20. The summed E-state index contributed by atoms with van der Waals surface area (Å²) in [6.45, 7) is 4.81. The van der Waals surface area contributed by atoms with Crippen LogP contribution in [0.5, 0.6) is 5.75 Å². The number of nitrogens with zero attached hydrogens (tertiary/aromatic N) is 2. The Labute approximate surface area is 125 Å². The molecule has 4 heteroatoms. The van der Waals surface area contributed by atoms with E-state index >= 15 is 0 Å². The van der Waals surface area contributed by atoms with Gasteiger partial charge in [-0.2, -0.15) is 5.26 Å². The van der Waals surface area contributed by atoms with E-state index in [0.29, 0.717) is 26.1 Å². The summed E-state index contributed by atoms with van der Waals surface area (Å²) in [6, 6.07) is 14.0. The minimum atomic E-state index is 0.505. The van der Waals surface area contributed by atoms with Crippen LogP contribution in [-0.4, -0.2) is 24.6 Å². The van der Waals surface area contributed by atoms with Crippen LogP contribution < -0.4 is 4.74 Å². The maximum atomic E-state index is 8.75. The van der Waals surface area contributed by atoms with Crippen LogP contribution in [0.25, 0.3) is 0 Å². The fourth-order valence-electron chi connectivity index (χ4n) is 2.10. The SMILES string of the molecule is Cc1ccccc1OCCN(CCC#N)Cc1ccco1. The summed E-state index contributed by atoms with van der Waals surface area (Å²) in [6.07, 6.45) is 2.17. The van der Waals surface area contributed by atoms with Crippen molar-refractivity contribution >= 4 is 0 Å². The first-order valence-corrected chi connectivity index (χ1v) is 7.09. The van der Waals surface area contributed by atoms with Gasteiger partial charge in [0, 0.05) is 19.5 Å². The van der Waals surface area contributed by atoms with Crippen molar-refractivity contribution in [3.63, 3.8) is 0 Å². The van der Waals surface area contributed by atoms with E-state index in [2.05, 4.69) is 11.0 Å². The second-order valence-electron chi connectivity index (χ2n) is 4.88. The summed E-state index contributed by atoms with van der Waals surface area (Å²) < 4.78 is 11.2. The van der Waals surface area contributed by atoms with E-state index in [-0.39, 0.29) is 0 Å². The number of furan rings is 1. The molecule has 0 amide bonds. The van der Waals surface area contributed by atoms with Crippen LogP contribution in [-0.2, 0) is 6.54 Å². The molecule has 1 aromatic carbocycles. The monoisotopic (exact) mass is 284 g/mol. The maximum absolute atomic E-state index is 8.75. The summed E-state index contributed by atoms with van der Waals surface area (Å²) in [5, 5.41) is 8.75. The van der Waals surface area contributed by atoms with Gasteiger partial charge in [-0.3, -0.25) is 4.90 Å². The molecule has 0 unspecified atom stereocenters. The predicted octanol–water partition coefficient (Wildman–Crippen LogP) is 3.38. The van der Waals surface area contributed by atoms with Crippen molar-refractivity contribution in [3.05, 3.63) is 54.0 Å². The van der Waals surface area contributed by atoms with Crippen molar-refractivity contribution < 1.29 is 9.15 Å². The van der Waals surface area contributed by atoms with Crippen molar-refractivity contribution in [2.24, 2.45) is 0 Å². The highest BCUT2D eigenvalue weighted by Crippen LogP contribution is 2.16. The van der Waals surface area contributed by atoms with Crippen LogP contribution in [0, 0.1) is 18.3 Å². The molecule has 110 valence electrons. The number of aryl methyl sites for hydroxylation is 1. The van der Waals surface area contributed by atoms with E-state index in [4.69, 9.17) is 14.4 Å². The lowest BCUT2D eigenvalue weighted by Crippen LogP contribution is -2.29. The van der Waals surface area contributed by atoms with E-state index in [1.165, 1.54) is 0 Å². The summed E-state index contributed by atoms with van der Waals surface area (Å²) in [5.74, 6) is 1.82. The maximum Gasteiger partial charge on any atom is 0.122 e. The Balaban J connectivity index is 1.84. The van der Waals surface area contributed by atoms with Gasteiger partial charge in [0.1, 0.15) is 18.1 Å². The Morgan fingerprint density at radius 1 is 1.19 bits per heavy atom. The zero-order valence-corrected chi connectivity index (χ0v) is 12.3. The number of ether oxygens (including phenoxy) is 1. The summed E-state index contributed by atoms with van der Waals surface area (Å²) in [5.41, 5.74) is 1.13. The fourth-order valence-corrected chi connectivity index (χ4v) is 2.10. The molecule has 1 aromatic heterocycles. The molecule has 1 heterocycles. The third-order valence-corrected chi connectivity index (χ3v) is 3.26. The molecule has 2 rings (SSSR count). The number of benzene rings is 1. The Hall–Kier alpha value is -2.25. The van der Waals surface area contributed by atoms with Crippen molar-refractivity contribution in [2.75, 3.05) is 19.7 Å². The molecule has 0 aliphatic rings. The van der Waals surface area contributed by atoms with Crippen molar-refractivity contribution in [2.45, 2.75) is 19.9 Å². The van der Waals surface area contributed by atoms with Crippen LogP contribution in [0.1, 0.15) is 17.7 Å². The molecule has 0 fully saturated rings. The summed E-state index contributed by atoms with van der Waals surface area (Å²) >= 11 is 0. The van der Waals surface area contributed by atoms with E-state index in [9.17, 15) is 0 Å². The van der Waals surface area contributed by atoms with Gasteiger partial charge < -0.3 is 9.15 Å². The summed E-state index contributed by atoms with van der Waals surface area (Å²) in [7, 11) is 0. The number of hydrogen-bond acceptors (Lipinski definition) is 4. The third kappa shape index (κ3) is 4.97. The molecular formula is C17H20N2O2. The van der Waals surface area contributed by atoms with Gasteiger partial charge >= 0.3 is 0 Å². The minimum absolute atomic E-state index is 0.505. The molecule has 4 nitrogen and oxygen atoms in total. The quantitative estimate of drug-likeness (QED) is 0.745. The van der Waals surface area contributed by atoms with Gasteiger partial charge in [-0.25, -0.2) is 0 Å². The van der Waals surface area contributed by atoms with E-state index in [1.54, 1.807) is 6.26 Å². The van der Waals surface area contributed by atoms with Gasteiger partial charge in [-0.15, -0.1) is 0 Å². The first kappa shape index (κ1) is 15.1. The largest absolute Gasteiger partial charge is 0.492 e. The van der Waals surface area contributed by atoms with Crippen LogP contribution in [0.15, 0.2) is 47.1 Å². The van der Waals surface area contributed by atoms with Crippen molar-refractivity contribution in [1.82, 2.24) is 4.90 Å². The van der Waals surface area contributed by atoms with Gasteiger partial charge in [0.05, 0.1) is 18.9 Å². The smallest absolute Gasteiger partial charge is 0.122 e. The van der Waals surface area contributed by atoms with Crippen LogP contribution in [0.3, 0.4) is 0 Å². The minimum Gasteiger partial charge on any atom is -0.492 e. The number of hydrogen-bond donors (Lipinski definition) is 0. The molecular weight excluding hydrogens is 264 g/mol. The second-order valence-corrected chi connectivity index (χ2v) is 4.88. The molecule has 0 radical (unpaired) electrons. The first-order chi connectivity index (χ1) is 10.3. The molecule has 21 heavy (non-hydrogen) atoms. The Bertz CT molecular complexity index is 573. The van der Waals surface area contributed by atoms with Crippen molar-refractivity contribution in [1.29, 1.82) is 5.26 Å². The standard InChI is InChI=1S/C17H20N2O2/c1-15-6-2-3-8-17(15)21-13-11-19(10-5-9-18)14-16-7-4-12-20-16/h2-4,6-8,12H,5,10-11,13-14H2,1H3. The molecule has 0 aliphatic heterocycles. The van der Waals surface area contributed by atoms with Crippen molar-refractivity contribution in [3.8, 4) is 11.8 Å². The zero-order valence-electron chi connectivity index (χ0n) is 12.3. The number of para-hydroxylation sites is 1. The predicted molar refractivity (Wildman–Crippen MR) is 80.9 cm³/mol. The lowest BCUT2D eigenvalue weighted by molar-refractivity contribution is 0.194. The average molecular weight is 284 g/mol. The average Bonchev–Trinajstić information content (AvgIpc) is 2.99. The topological polar surface area (TPSA) is 49.4 Å². The number of rotatable bonds is 8. The van der Waals surface area contributed by atoms with E-state index in [0.717, 1.165) is 23.6 Å². The summed E-state index contributed by atoms with van der Waals surface area (Å²) in [4.78, 5) is 2.17. The fraction of sp³-hybridized carbons (Fsp3) is 0.353. The van der Waals surface area contributed by atoms with Crippen LogP contribution >= 0.6 is 0 Å². The Morgan fingerprint density at radius 2 is 2.05 bits per heavy atom.